The van der Waals surface area contributed by atoms with Gasteiger partial charge in [0.2, 0.25) is 0 Å². The second-order valence-corrected chi connectivity index (χ2v) is 8.81. The molecule has 0 spiro atoms. The summed E-state index contributed by atoms with van der Waals surface area (Å²) in [6.45, 7) is 4.96. The van der Waals surface area contributed by atoms with Crippen LogP contribution in [-0.2, 0) is 0 Å². The number of aromatic amines is 1. The smallest absolute Gasteiger partial charge is 0.271 e. The lowest BCUT2D eigenvalue weighted by Crippen LogP contribution is -2.44. The molecule has 2 aliphatic heterocycles. The molecule has 2 aliphatic rings. The molecule has 0 radical (unpaired) electrons. The summed E-state index contributed by atoms with van der Waals surface area (Å²) in [6, 6.07) is 12.4. The van der Waals surface area contributed by atoms with E-state index in [1.54, 1.807) is 26.4 Å². The molecule has 0 unspecified atom stereocenters. The maximum absolute atomic E-state index is 12.1. The molecular formula is C25H29N7O. The summed E-state index contributed by atoms with van der Waals surface area (Å²) in [7, 11) is 5.62. The van der Waals surface area contributed by atoms with Crippen LogP contribution in [0.15, 0.2) is 53.8 Å². The van der Waals surface area contributed by atoms with Crippen LogP contribution in [0.25, 0.3) is 11.1 Å². The Labute approximate surface area is 193 Å². The van der Waals surface area contributed by atoms with Crippen molar-refractivity contribution < 1.29 is 4.79 Å². The molecule has 1 aromatic carbocycles. The van der Waals surface area contributed by atoms with Crippen molar-refractivity contribution in [1.29, 1.82) is 0 Å². The van der Waals surface area contributed by atoms with E-state index in [0.29, 0.717) is 12.2 Å². The fourth-order valence-electron chi connectivity index (χ4n) is 4.24. The van der Waals surface area contributed by atoms with Crippen molar-refractivity contribution in [1.82, 2.24) is 19.8 Å². The van der Waals surface area contributed by atoms with Gasteiger partial charge in [-0.3, -0.25) is 9.78 Å². The van der Waals surface area contributed by atoms with Crippen molar-refractivity contribution in [2.45, 2.75) is 0 Å². The molecule has 8 nitrogen and oxygen atoms in total. The first-order valence-electron chi connectivity index (χ1n) is 11.2. The zero-order valence-electron chi connectivity index (χ0n) is 19.3. The SMILES string of the molecule is CN1CCN(c2ccc(C3=Nc4c(-c5ccc(C(=O)N(C)C)nc5)c[nH]c4NC3)cc2)CC1. The number of carbonyl (C=O) groups is 1. The molecule has 3 aromatic rings. The number of H-pyrrole nitrogens is 1. The van der Waals surface area contributed by atoms with Crippen molar-refractivity contribution in [3.05, 3.63) is 60.0 Å². The standard InChI is InChI=1S/C25H29N7O/c1-30(2)25(33)21-9-6-18(14-26-21)20-15-27-24-23(20)29-22(16-28-24)17-4-7-19(8-5-17)32-12-10-31(3)11-13-32/h4-9,14-15,27-28H,10-13,16H2,1-3H3. The number of rotatable bonds is 4. The van der Waals surface area contributed by atoms with Gasteiger partial charge in [-0.1, -0.05) is 18.2 Å². The number of piperazine rings is 1. The lowest BCUT2D eigenvalue weighted by molar-refractivity contribution is 0.0822. The minimum Gasteiger partial charge on any atom is -0.369 e. The van der Waals surface area contributed by atoms with Gasteiger partial charge in [0.25, 0.3) is 5.91 Å². The van der Waals surface area contributed by atoms with E-state index in [4.69, 9.17) is 4.99 Å². The lowest BCUT2D eigenvalue weighted by atomic mass is 10.1. The molecule has 170 valence electrons. The summed E-state index contributed by atoms with van der Waals surface area (Å²) >= 11 is 0. The van der Waals surface area contributed by atoms with Gasteiger partial charge < -0.3 is 25.0 Å². The average molecular weight is 444 g/mol. The van der Waals surface area contributed by atoms with Crippen LogP contribution in [0, 0.1) is 0 Å². The van der Waals surface area contributed by atoms with Crippen molar-refractivity contribution in [2.75, 3.05) is 64.1 Å². The summed E-state index contributed by atoms with van der Waals surface area (Å²) in [5, 5.41) is 3.45. The highest BCUT2D eigenvalue weighted by atomic mass is 16.2. The zero-order valence-corrected chi connectivity index (χ0v) is 19.3. The predicted octanol–water partition coefficient (Wildman–Crippen LogP) is 3.08. The maximum Gasteiger partial charge on any atom is 0.271 e. The number of carbonyl (C=O) groups excluding carboxylic acids is 1. The first-order chi connectivity index (χ1) is 16.0. The fourth-order valence-corrected chi connectivity index (χ4v) is 4.24. The summed E-state index contributed by atoms with van der Waals surface area (Å²) in [5.74, 6) is 0.788. The van der Waals surface area contributed by atoms with Gasteiger partial charge in [0.15, 0.2) is 0 Å². The molecule has 0 aliphatic carbocycles. The highest BCUT2D eigenvalue weighted by molar-refractivity contribution is 6.08. The summed E-state index contributed by atoms with van der Waals surface area (Å²) in [6.07, 6.45) is 3.67. The van der Waals surface area contributed by atoms with Gasteiger partial charge in [-0.2, -0.15) is 0 Å². The summed E-state index contributed by atoms with van der Waals surface area (Å²) in [4.78, 5) is 31.1. The molecule has 2 aromatic heterocycles. The Morgan fingerprint density at radius 1 is 1.00 bits per heavy atom. The number of nitrogens with one attached hydrogen (secondary N) is 2. The molecule has 0 saturated carbocycles. The maximum atomic E-state index is 12.1. The normalized spacial score (nSPS) is 16.1. The molecular weight excluding hydrogens is 414 g/mol. The molecule has 0 bridgehead atoms. The Balaban J connectivity index is 1.38. The van der Waals surface area contributed by atoms with E-state index in [9.17, 15) is 4.79 Å². The van der Waals surface area contributed by atoms with Crippen LogP contribution in [0.4, 0.5) is 17.2 Å². The highest BCUT2D eigenvalue weighted by Gasteiger charge is 2.20. The van der Waals surface area contributed by atoms with E-state index in [1.807, 2.05) is 12.3 Å². The number of likely N-dealkylation sites (N-methyl/N-ethyl adjacent to an activating group) is 1. The second kappa shape index (κ2) is 8.71. The Morgan fingerprint density at radius 3 is 2.39 bits per heavy atom. The van der Waals surface area contributed by atoms with E-state index in [0.717, 1.165) is 60.1 Å². The molecule has 0 atom stereocenters. The van der Waals surface area contributed by atoms with Crippen LogP contribution in [0.1, 0.15) is 16.1 Å². The Bertz CT molecular complexity index is 1170. The molecule has 1 saturated heterocycles. The lowest BCUT2D eigenvalue weighted by Gasteiger charge is -2.34. The van der Waals surface area contributed by atoms with Gasteiger partial charge in [-0.15, -0.1) is 0 Å². The number of aromatic nitrogens is 2. The van der Waals surface area contributed by atoms with Crippen LogP contribution < -0.4 is 10.2 Å². The van der Waals surface area contributed by atoms with Crippen LogP contribution >= 0.6 is 0 Å². The topological polar surface area (TPSA) is 79.9 Å². The van der Waals surface area contributed by atoms with E-state index in [-0.39, 0.29) is 5.91 Å². The van der Waals surface area contributed by atoms with Crippen LogP contribution in [0.5, 0.6) is 0 Å². The number of amides is 1. The number of benzene rings is 1. The van der Waals surface area contributed by atoms with E-state index in [1.165, 1.54) is 10.6 Å². The van der Waals surface area contributed by atoms with Crippen molar-refractivity contribution >= 4 is 28.8 Å². The minimum atomic E-state index is -0.111. The minimum absolute atomic E-state index is 0.111. The van der Waals surface area contributed by atoms with Gasteiger partial charge in [0.05, 0.1) is 12.3 Å². The van der Waals surface area contributed by atoms with Crippen molar-refractivity contribution in [3.8, 4) is 11.1 Å². The van der Waals surface area contributed by atoms with E-state index >= 15 is 0 Å². The van der Waals surface area contributed by atoms with Crippen LogP contribution in [0.2, 0.25) is 0 Å². The molecule has 8 heteroatoms. The molecule has 2 N–H and O–H groups in total. The second-order valence-electron chi connectivity index (χ2n) is 8.81. The molecule has 1 amide bonds. The number of hydrogen-bond donors (Lipinski definition) is 2. The van der Waals surface area contributed by atoms with Crippen molar-refractivity contribution in [3.63, 3.8) is 0 Å². The first kappa shape index (κ1) is 21.2. The van der Waals surface area contributed by atoms with Crippen LogP contribution in [0.3, 0.4) is 0 Å². The van der Waals surface area contributed by atoms with Gasteiger partial charge in [-0.05, 0) is 30.8 Å². The van der Waals surface area contributed by atoms with Crippen LogP contribution in [-0.4, -0.2) is 85.3 Å². The Kier molecular flexibility index (Phi) is 5.60. The van der Waals surface area contributed by atoms with Gasteiger partial charge in [0.1, 0.15) is 17.2 Å². The third-order valence-electron chi connectivity index (χ3n) is 6.30. The fraction of sp³-hybridized carbons (Fsp3) is 0.320. The third-order valence-corrected chi connectivity index (χ3v) is 6.30. The predicted molar refractivity (Wildman–Crippen MR) is 133 cm³/mol. The van der Waals surface area contributed by atoms with E-state index in [2.05, 4.69) is 56.4 Å². The van der Waals surface area contributed by atoms with Gasteiger partial charge >= 0.3 is 0 Å². The first-order valence-corrected chi connectivity index (χ1v) is 11.2. The molecule has 33 heavy (non-hydrogen) atoms. The number of hydrogen-bond acceptors (Lipinski definition) is 6. The van der Waals surface area contributed by atoms with E-state index < -0.39 is 0 Å². The zero-order chi connectivity index (χ0) is 22.9. The third kappa shape index (κ3) is 4.21. The molecule has 5 rings (SSSR count). The summed E-state index contributed by atoms with van der Waals surface area (Å²) in [5.41, 5.74) is 6.55. The number of aliphatic imine (C=N–C) groups is 1. The number of anilines is 2. The number of nitrogens with zero attached hydrogens (tertiary/aromatic N) is 5. The van der Waals surface area contributed by atoms with Crippen molar-refractivity contribution in [2.24, 2.45) is 4.99 Å². The quantitative estimate of drug-likeness (QED) is 0.648. The monoisotopic (exact) mass is 443 g/mol. The van der Waals surface area contributed by atoms with Gasteiger partial charge in [-0.25, -0.2) is 4.99 Å². The number of pyridine rings is 1. The highest BCUT2D eigenvalue weighted by Crippen LogP contribution is 2.39. The average Bonchev–Trinajstić information content (AvgIpc) is 3.27. The van der Waals surface area contributed by atoms with Gasteiger partial charge in [0, 0.05) is 69.5 Å². The largest absolute Gasteiger partial charge is 0.369 e. The molecule has 4 heterocycles. The Morgan fingerprint density at radius 2 is 1.73 bits per heavy atom. The Hall–Kier alpha value is -3.65. The molecule has 1 fully saturated rings. The number of fused-ring (bicyclic) bond motifs is 1. The summed E-state index contributed by atoms with van der Waals surface area (Å²) < 4.78 is 0.